The number of rotatable bonds is 6. The van der Waals surface area contributed by atoms with Crippen molar-refractivity contribution in [2.45, 2.75) is 45.7 Å². The molecule has 2 aromatic rings. The zero-order chi connectivity index (χ0) is 17.3. The van der Waals surface area contributed by atoms with Gasteiger partial charge in [0.25, 0.3) is 5.91 Å². The lowest BCUT2D eigenvalue weighted by Crippen LogP contribution is -2.41. The van der Waals surface area contributed by atoms with Crippen molar-refractivity contribution >= 4 is 18.3 Å². The Kier molecular flexibility index (Phi) is 6.31. The van der Waals surface area contributed by atoms with E-state index < -0.39 is 0 Å². The molecule has 2 unspecified atom stereocenters. The summed E-state index contributed by atoms with van der Waals surface area (Å²) in [6.45, 7) is 6.76. The van der Waals surface area contributed by atoms with Gasteiger partial charge in [0, 0.05) is 24.0 Å². The van der Waals surface area contributed by atoms with Crippen molar-refractivity contribution < 1.29 is 4.79 Å². The van der Waals surface area contributed by atoms with Crippen LogP contribution >= 0.6 is 12.4 Å². The van der Waals surface area contributed by atoms with Gasteiger partial charge in [-0.3, -0.25) is 4.79 Å². The summed E-state index contributed by atoms with van der Waals surface area (Å²) < 4.78 is 2.23. The van der Waals surface area contributed by atoms with Gasteiger partial charge < -0.3 is 15.6 Å². The average Bonchev–Trinajstić information content (AvgIpc) is 3.38. The SMILES string of the molecule is Cc1cc(C(=O)NC(CN)C2CC2)c(C)n1C(C)c1ccccc1.Cl. The highest BCUT2D eigenvalue weighted by Crippen LogP contribution is 2.32. The summed E-state index contributed by atoms with van der Waals surface area (Å²) in [6, 6.07) is 12.7. The summed E-state index contributed by atoms with van der Waals surface area (Å²) >= 11 is 0. The van der Waals surface area contributed by atoms with Crippen LogP contribution in [0.4, 0.5) is 0 Å². The zero-order valence-corrected chi connectivity index (χ0v) is 16.0. The lowest BCUT2D eigenvalue weighted by atomic mass is 10.1. The summed E-state index contributed by atoms with van der Waals surface area (Å²) in [4.78, 5) is 12.7. The van der Waals surface area contributed by atoms with Crippen LogP contribution in [0, 0.1) is 19.8 Å². The Morgan fingerprint density at radius 3 is 2.48 bits per heavy atom. The van der Waals surface area contributed by atoms with Crippen molar-refractivity contribution in [1.29, 1.82) is 0 Å². The summed E-state index contributed by atoms with van der Waals surface area (Å²) in [5.41, 5.74) is 9.93. The third-order valence-corrected chi connectivity index (χ3v) is 5.16. The molecule has 136 valence electrons. The predicted molar refractivity (Wildman–Crippen MR) is 104 cm³/mol. The highest BCUT2D eigenvalue weighted by atomic mass is 35.5. The molecule has 0 spiro atoms. The summed E-state index contributed by atoms with van der Waals surface area (Å²) in [6.07, 6.45) is 2.35. The van der Waals surface area contributed by atoms with E-state index in [-0.39, 0.29) is 30.4 Å². The van der Waals surface area contributed by atoms with E-state index in [0.29, 0.717) is 12.5 Å². The van der Waals surface area contributed by atoms with Crippen LogP contribution in [-0.2, 0) is 0 Å². The molecule has 1 amide bonds. The number of nitrogens with two attached hydrogens (primary N) is 1. The number of carbonyl (C=O) groups is 1. The maximum absolute atomic E-state index is 12.7. The first-order valence-corrected chi connectivity index (χ1v) is 8.77. The fourth-order valence-corrected chi connectivity index (χ4v) is 3.60. The van der Waals surface area contributed by atoms with E-state index in [4.69, 9.17) is 5.73 Å². The number of nitrogens with zero attached hydrogens (tertiary/aromatic N) is 1. The number of halogens is 1. The first-order valence-electron chi connectivity index (χ1n) is 8.77. The Morgan fingerprint density at radius 2 is 1.92 bits per heavy atom. The minimum absolute atomic E-state index is 0. The van der Waals surface area contributed by atoms with E-state index in [2.05, 4.69) is 48.0 Å². The van der Waals surface area contributed by atoms with Gasteiger partial charge in [-0.15, -0.1) is 12.4 Å². The largest absolute Gasteiger partial charge is 0.348 e. The quantitative estimate of drug-likeness (QED) is 0.825. The molecule has 1 aromatic heterocycles. The highest BCUT2D eigenvalue weighted by molar-refractivity contribution is 5.96. The van der Waals surface area contributed by atoms with Crippen molar-refractivity contribution in [2.24, 2.45) is 11.7 Å². The fraction of sp³-hybridized carbons (Fsp3) is 0.450. The minimum atomic E-state index is -0.00281. The normalized spacial score (nSPS) is 16.0. The molecule has 1 heterocycles. The smallest absolute Gasteiger partial charge is 0.253 e. The lowest BCUT2D eigenvalue weighted by Gasteiger charge is -2.20. The van der Waals surface area contributed by atoms with Gasteiger partial charge in [0.2, 0.25) is 0 Å². The van der Waals surface area contributed by atoms with E-state index in [1.807, 2.05) is 19.1 Å². The second-order valence-electron chi connectivity index (χ2n) is 6.89. The molecule has 0 saturated heterocycles. The number of nitrogens with one attached hydrogen (secondary N) is 1. The fourth-order valence-electron chi connectivity index (χ4n) is 3.60. The molecule has 1 aliphatic rings. The Balaban J connectivity index is 0.00000225. The van der Waals surface area contributed by atoms with Crippen molar-refractivity contribution in [2.75, 3.05) is 6.54 Å². The average molecular weight is 362 g/mol. The number of hydrogen-bond acceptors (Lipinski definition) is 2. The maximum atomic E-state index is 12.7. The predicted octanol–water partition coefficient (Wildman–Crippen LogP) is 3.60. The van der Waals surface area contributed by atoms with Crippen LogP contribution in [0.5, 0.6) is 0 Å². The molecule has 0 radical (unpaired) electrons. The third-order valence-electron chi connectivity index (χ3n) is 5.16. The molecule has 1 saturated carbocycles. The van der Waals surface area contributed by atoms with E-state index >= 15 is 0 Å². The molecule has 3 rings (SSSR count). The van der Waals surface area contributed by atoms with Gasteiger partial charge in [0.1, 0.15) is 0 Å². The molecule has 1 aromatic carbocycles. The van der Waals surface area contributed by atoms with Crippen molar-refractivity contribution in [3.05, 3.63) is 58.9 Å². The van der Waals surface area contributed by atoms with Crippen molar-refractivity contribution in [3.63, 3.8) is 0 Å². The number of benzene rings is 1. The summed E-state index contributed by atoms with van der Waals surface area (Å²) in [7, 11) is 0. The first-order chi connectivity index (χ1) is 11.5. The zero-order valence-electron chi connectivity index (χ0n) is 15.2. The number of carbonyl (C=O) groups excluding carboxylic acids is 1. The van der Waals surface area contributed by atoms with Crippen molar-refractivity contribution in [3.8, 4) is 0 Å². The Morgan fingerprint density at radius 1 is 1.28 bits per heavy atom. The monoisotopic (exact) mass is 361 g/mol. The Bertz CT molecular complexity index is 722. The Labute approximate surface area is 156 Å². The number of hydrogen-bond donors (Lipinski definition) is 2. The highest BCUT2D eigenvalue weighted by Gasteiger charge is 2.32. The van der Waals surface area contributed by atoms with Crippen LogP contribution in [0.3, 0.4) is 0 Å². The van der Waals surface area contributed by atoms with E-state index in [1.165, 1.54) is 18.4 Å². The van der Waals surface area contributed by atoms with Gasteiger partial charge in [-0.05, 0) is 51.2 Å². The van der Waals surface area contributed by atoms with Gasteiger partial charge in [-0.25, -0.2) is 0 Å². The van der Waals surface area contributed by atoms with E-state index in [0.717, 1.165) is 17.0 Å². The second kappa shape index (κ2) is 8.07. The van der Waals surface area contributed by atoms with Crippen LogP contribution in [-0.4, -0.2) is 23.1 Å². The molecular formula is C20H28ClN3O. The standard InChI is InChI=1S/C20H27N3O.ClH/c1-13-11-18(20(24)22-19(12-21)17-9-10-17)15(3)23(13)14(2)16-7-5-4-6-8-16;/h4-8,11,14,17,19H,9-10,12,21H2,1-3H3,(H,22,24);1H. The van der Waals surface area contributed by atoms with Gasteiger partial charge >= 0.3 is 0 Å². The van der Waals surface area contributed by atoms with Gasteiger partial charge in [0.15, 0.2) is 0 Å². The molecule has 0 aliphatic heterocycles. The van der Waals surface area contributed by atoms with E-state index in [1.54, 1.807) is 0 Å². The van der Waals surface area contributed by atoms with Crippen LogP contribution in [0.25, 0.3) is 0 Å². The van der Waals surface area contributed by atoms with Gasteiger partial charge in [-0.2, -0.15) is 0 Å². The van der Waals surface area contributed by atoms with Crippen LogP contribution < -0.4 is 11.1 Å². The molecular weight excluding hydrogens is 334 g/mol. The lowest BCUT2D eigenvalue weighted by molar-refractivity contribution is 0.0932. The molecule has 0 bridgehead atoms. The third kappa shape index (κ3) is 4.07. The van der Waals surface area contributed by atoms with Gasteiger partial charge in [-0.1, -0.05) is 30.3 Å². The van der Waals surface area contributed by atoms with Crippen LogP contribution in [0.1, 0.15) is 53.1 Å². The molecule has 3 N–H and O–H groups in total. The molecule has 4 nitrogen and oxygen atoms in total. The van der Waals surface area contributed by atoms with Gasteiger partial charge in [0.05, 0.1) is 11.6 Å². The Hall–Kier alpha value is -1.78. The number of aryl methyl sites for hydroxylation is 1. The van der Waals surface area contributed by atoms with Crippen LogP contribution in [0.15, 0.2) is 36.4 Å². The molecule has 1 aliphatic carbocycles. The summed E-state index contributed by atoms with van der Waals surface area (Å²) in [5, 5.41) is 3.13. The molecule has 1 fully saturated rings. The topological polar surface area (TPSA) is 60.1 Å². The van der Waals surface area contributed by atoms with Crippen LogP contribution in [0.2, 0.25) is 0 Å². The summed E-state index contributed by atoms with van der Waals surface area (Å²) in [5.74, 6) is 0.558. The molecule has 2 atom stereocenters. The van der Waals surface area contributed by atoms with Crippen molar-refractivity contribution in [1.82, 2.24) is 9.88 Å². The molecule has 5 heteroatoms. The number of amides is 1. The second-order valence-corrected chi connectivity index (χ2v) is 6.89. The van der Waals surface area contributed by atoms with E-state index in [9.17, 15) is 4.79 Å². The molecule has 25 heavy (non-hydrogen) atoms. The first kappa shape index (κ1) is 19.5. The maximum Gasteiger partial charge on any atom is 0.253 e. The minimum Gasteiger partial charge on any atom is -0.348 e. The number of aromatic nitrogens is 1.